The summed E-state index contributed by atoms with van der Waals surface area (Å²) in [5.41, 5.74) is 0.979. The van der Waals surface area contributed by atoms with E-state index >= 15 is 0 Å². The first-order chi connectivity index (χ1) is 7.08. The second kappa shape index (κ2) is 4.24. The van der Waals surface area contributed by atoms with Crippen LogP contribution in [0.3, 0.4) is 0 Å². The normalized spacial score (nSPS) is 25.4. The van der Waals surface area contributed by atoms with Crippen LogP contribution in [0.25, 0.3) is 0 Å². The van der Waals surface area contributed by atoms with Crippen LogP contribution in [0.15, 0.2) is 18.2 Å². The third-order valence-electron chi connectivity index (χ3n) is 2.23. The van der Waals surface area contributed by atoms with E-state index in [1.165, 1.54) is 0 Å². The fraction of sp³-hybridized carbons (Fsp3) is 0.300. The van der Waals surface area contributed by atoms with Crippen molar-refractivity contribution >= 4 is 40.9 Å². The summed E-state index contributed by atoms with van der Waals surface area (Å²) in [4.78, 5) is 11.3. The summed E-state index contributed by atoms with van der Waals surface area (Å²) in [6.45, 7) is 1.89. The molecule has 1 fully saturated rings. The molecule has 1 N–H and O–H groups in total. The number of hydrogen-bond acceptors (Lipinski definition) is 2. The Kier molecular flexibility index (Phi) is 3.14. The zero-order valence-electron chi connectivity index (χ0n) is 7.96. The van der Waals surface area contributed by atoms with Crippen LogP contribution in [-0.2, 0) is 4.79 Å². The van der Waals surface area contributed by atoms with Crippen LogP contribution in [0.1, 0.15) is 17.9 Å². The first-order valence-corrected chi connectivity index (χ1v) is 6.18. The minimum atomic E-state index is -0.0118. The monoisotopic (exact) mass is 261 g/mol. The van der Waals surface area contributed by atoms with Gasteiger partial charge in [0.05, 0.1) is 15.3 Å². The quantitative estimate of drug-likeness (QED) is 0.841. The van der Waals surface area contributed by atoms with E-state index in [0.717, 1.165) is 5.56 Å². The molecular formula is C10H9Cl2NOS. The first-order valence-electron chi connectivity index (χ1n) is 4.48. The molecule has 2 nitrogen and oxygen atoms in total. The van der Waals surface area contributed by atoms with Crippen LogP contribution in [0, 0.1) is 0 Å². The molecule has 1 aromatic carbocycles. The number of benzene rings is 1. The van der Waals surface area contributed by atoms with E-state index in [9.17, 15) is 4.79 Å². The van der Waals surface area contributed by atoms with Crippen molar-refractivity contribution in [2.24, 2.45) is 0 Å². The van der Waals surface area contributed by atoms with E-state index in [4.69, 9.17) is 23.2 Å². The van der Waals surface area contributed by atoms with E-state index in [-0.39, 0.29) is 16.5 Å². The molecule has 0 aliphatic carbocycles. The van der Waals surface area contributed by atoms with E-state index in [2.05, 4.69) is 5.32 Å². The van der Waals surface area contributed by atoms with Crippen LogP contribution in [-0.4, -0.2) is 11.2 Å². The summed E-state index contributed by atoms with van der Waals surface area (Å²) in [5, 5.41) is 3.91. The van der Waals surface area contributed by atoms with Crippen LogP contribution in [0.2, 0.25) is 10.0 Å². The molecule has 1 amide bonds. The van der Waals surface area contributed by atoms with Crippen LogP contribution >= 0.6 is 35.0 Å². The Morgan fingerprint density at radius 2 is 2.07 bits per heavy atom. The van der Waals surface area contributed by atoms with Crippen molar-refractivity contribution in [1.82, 2.24) is 5.32 Å². The molecule has 1 aliphatic heterocycles. The first kappa shape index (κ1) is 11.1. The van der Waals surface area contributed by atoms with Gasteiger partial charge in [0.1, 0.15) is 5.37 Å². The lowest BCUT2D eigenvalue weighted by Crippen LogP contribution is -2.22. The minimum Gasteiger partial charge on any atom is -0.339 e. The summed E-state index contributed by atoms with van der Waals surface area (Å²) in [6, 6.07) is 5.42. The third kappa shape index (κ3) is 2.25. The second-order valence-electron chi connectivity index (χ2n) is 3.34. The summed E-state index contributed by atoms with van der Waals surface area (Å²) in [6.07, 6.45) is 0. The van der Waals surface area contributed by atoms with Gasteiger partial charge in [-0.3, -0.25) is 4.79 Å². The van der Waals surface area contributed by atoms with Crippen molar-refractivity contribution in [2.45, 2.75) is 17.5 Å². The number of carbonyl (C=O) groups is 1. The average molecular weight is 262 g/mol. The molecule has 80 valence electrons. The Morgan fingerprint density at radius 1 is 1.33 bits per heavy atom. The molecule has 0 aromatic heterocycles. The van der Waals surface area contributed by atoms with Gasteiger partial charge >= 0.3 is 0 Å². The van der Waals surface area contributed by atoms with Crippen molar-refractivity contribution in [3.63, 3.8) is 0 Å². The van der Waals surface area contributed by atoms with Gasteiger partial charge in [-0.25, -0.2) is 0 Å². The maximum Gasteiger partial charge on any atom is 0.234 e. The van der Waals surface area contributed by atoms with E-state index < -0.39 is 0 Å². The van der Waals surface area contributed by atoms with Gasteiger partial charge in [-0.05, 0) is 24.6 Å². The zero-order chi connectivity index (χ0) is 11.0. The second-order valence-corrected chi connectivity index (χ2v) is 5.61. The molecule has 1 heterocycles. The maximum atomic E-state index is 11.3. The van der Waals surface area contributed by atoms with Gasteiger partial charge < -0.3 is 5.32 Å². The number of nitrogens with one attached hydrogen (secondary N) is 1. The van der Waals surface area contributed by atoms with Gasteiger partial charge in [0.2, 0.25) is 5.91 Å². The molecule has 0 unspecified atom stereocenters. The summed E-state index contributed by atoms with van der Waals surface area (Å²) < 4.78 is 0. The Labute approximate surface area is 102 Å². The van der Waals surface area contributed by atoms with Crippen LogP contribution in [0.4, 0.5) is 0 Å². The van der Waals surface area contributed by atoms with Crippen molar-refractivity contribution in [3.8, 4) is 0 Å². The molecule has 0 saturated carbocycles. The predicted octanol–water partition coefficient (Wildman–Crippen LogP) is 3.24. The summed E-state index contributed by atoms with van der Waals surface area (Å²) >= 11 is 13.3. The molecule has 5 heteroatoms. The summed E-state index contributed by atoms with van der Waals surface area (Å²) in [7, 11) is 0. The summed E-state index contributed by atoms with van der Waals surface area (Å²) in [5.74, 6) is 0.0658. The smallest absolute Gasteiger partial charge is 0.234 e. The number of carbonyl (C=O) groups excluding carboxylic acids is 1. The topological polar surface area (TPSA) is 29.1 Å². The highest BCUT2D eigenvalue weighted by molar-refractivity contribution is 8.01. The maximum absolute atomic E-state index is 11.3. The molecule has 1 saturated heterocycles. The highest BCUT2D eigenvalue weighted by Gasteiger charge is 2.30. The van der Waals surface area contributed by atoms with Gasteiger partial charge in [0, 0.05) is 0 Å². The third-order valence-corrected chi connectivity index (χ3v) is 4.25. The lowest BCUT2D eigenvalue weighted by atomic mass is 10.2. The van der Waals surface area contributed by atoms with Crippen molar-refractivity contribution < 1.29 is 4.79 Å². The molecule has 1 aromatic rings. The van der Waals surface area contributed by atoms with E-state index in [1.54, 1.807) is 23.9 Å². The Morgan fingerprint density at radius 3 is 2.60 bits per heavy atom. The van der Waals surface area contributed by atoms with Gasteiger partial charge in [0.25, 0.3) is 0 Å². The number of hydrogen-bond donors (Lipinski definition) is 1. The molecule has 2 rings (SSSR count). The Hall–Kier alpha value is -0.380. The van der Waals surface area contributed by atoms with Crippen LogP contribution in [0.5, 0.6) is 0 Å². The largest absolute Gasteiger partial charge is 0.339 e. The standard InChI is InChI=1S/C10H9Cl2NOS/c1-5-9(14)13-10(15-5)6-2-3-7(11)8(12)4-6/h2-5,10H,1H3,(H,13,14)/t5-,10-/m0/s1. The molecule has 0 bridgehead atoms. The Balaban J connectivity index is 2.24. The fourth-order valence-corrected chi connectivity index (χ4v) is 2.78. The molecule has 15 heavy (non-hydrogen) atoms. The van der Waals surface area contributed by atoms with E-state index in [0.29, 0.717) is 10.0 Å². The fourth-order valence-electron chi connectivity index (χ4n) is 1.38. The number of rotatable bonds is 1. The average Bonchev–Trinajstić information content (AvgIpc) is 2.52. The Bertz CT molecular complexity index is 410. The van der Waals surface area contributed by atoms with Crippen molar-refractivity contribution in [3.05, 3.63) is 33.8 Å². The van der Waals surface area contributed by atoms with Crippen LogP contribution < -0.4 is 5.32 Å². The highest BCUT2D eigenvalue weighted by atomic mass is 35.5. The van der Waals surface area contributed by atoms with E-state index in [1.807, 2.05) is 13.0 Å². The SMILES string of the molecule is C[C@@H]1S[C@@H](c2ccc(Cl)c(Cl)c2)NC1=O. The highest BCUT2D eigenvalue weighted by Crippen LogP contribution is 2.37. The van der Waals surface area contributed by atoms with Crippen molar-refractivity contribution in [1.29, 1.82) is 0 Å². The molecular weight excluding hydrogens is 253 g/mol. The number of thioether (sulfide) groups is 1. The van der Waals surface area contributed by atoms with Gasteiger partial charge in [-0.1, -0.05) is 29.3 Å². The van der Waals surface area contributed by atoms with Gasteiger partial charge in [0.15, 0.2) is 0 Å². The minimum absolute atomic E-state index is 0.00977. The van der Waals surface area contributed by atoms with Gasteiger partial charge in [-0.15, -0.1) is 11.8 Å². The van der Waals surface area contributed by atoms with Gasteiger partial charge in [-0.2, -0.15) is 0 Å². The zero-order valence-corrected chi connectivity index (χ0v) is 10.3. The predicted molar refractivity (Wildman–Crippen MR) is 64.4 cm³/mol. The lowest BCUT2D eigenvalue weighted by molar-refractivity contribution is -0.119. The number of amides is 1. The molecule has 0 spiro atoms. The molecule has 1 aliphatic rings. The number of halogens is 2. The molecule has 0 radical (unpaired) electrons. The van der Waals surface area contributed by atoms with Crippen molar-refractivity contribution in [2.75, 3.05) is 0 Å². The lowest BCUT2D eigenvalue weighted by Gasteiger charge is -2.10. The molecule has 2 atom stereocenters.